The molecule has 1 unspecified atom stereocenters. The summed E-state index contributed by atoms with van der Waals surface area (Å²) in [5, 5.41) is 8.65. The van der Waals surface area contributed by atoms with Crippen LogP contribution in [0, 0.1) is 0 Å². The molecule has 1 N–H and O–H groups in total. The summed E-state index contributed by atoms with van der Waals surface area (Å²) in [5.41, 5.74) is 1.85. The maximum Gasteiger partial charge on any atom is 0.328 e. The van der Waals surface area contributed by atoms with Crippen molar-refractivity contribution in [2.45, 2.75) is 19.1 Å². The van der Waals surface area contributed by atoms with Crippen molar-refractivity contribution < 1.29 is 19.4 Å². The second-order valence-electron chi connectivity index (χ2n) is 4.23. The molecule has 4 heteroatoms. The molecule has 0 amide bonds. The van der Waals surface area contributed by atoms with Gasteiger partial charge in [0.25, 0.3) is 0 Å². The summed E-state index contributed by atoms with van der Waals surface area (Å²) >= 11 is 0. The first-order chi connectivity index (χ1) is 8.66. The number of hydrogen-bond donors (Lipinski definition) is 1. The predicted octanol–water partition coefficient (Wildman–Crippen LogP) is 2.26. The Balaban J connectivity index is 2.07. The van der Waals surface area contributed by atoms with Gasteiger partial charge in [0.15, 0.2) is 0 Å². The van der Waals surface area contributed by atoms with Crippen molar-refractivity contribution in [3.05, 3.63) is 41.5 Å². The van der Waals surface area contributed by atoms with E-state index in [4.69, 9.17) is 14.6 Å². The van der Waals surface area contributed by atoms with Gasteiger partial charge in [0.05, 0.1) is 19.3 Å². The fraction of sp³-hybridized carbons (Fsp3) is 0.357. The Labute approximate surface area is 106 Å². The third kappa shape index (κ3) is 3.68. The highest BCUT2D eigenvalue weighted by Crippen LogP contribution is 2.23. The van der Waals surface area contributed by atoms with Crippen molar-refractivity contribution in [2.24, 2.45) is 0 Å². The van der Waals surface area contributed by atoms with Gasteiger partial charge in [-0.2, -0.15) is 0 Å². The van der Waals surface area contributed by atoms with Crippen LogP contribution in [0.1, 0.15) is 24.2 Å². The summed E-state index contributed by atoms with van der Waals surface area (Å²) in [6.07, 6.45) is 2.87. The van der Waals surface area contributed by atoms with Gasteiger partial charge in [-0.15, -0.1) is 0 Å². The van der Waals surface area contributed by atoms with Crippen molar-refractivity contribution in [3.63, 3.8) is 0 Å². The van der Waals surface area contributed by atoms with Gasteiger partial charge >= 0.3 is 5.97 Å². The number of rotatable bonds is 6. The number of ether oxygens (including phenoxy) is 2. The lowest BCUT2D eigenvalue weighted by atomic mass is 10.0. The average molecular weight is 248 g/mol. The molecule has 1 aliphatic rings. The van der Waals surface area contributed by atoms with E-state index in [1.54, 1.807) is 6.08 Å². The van der Waals surface area contributed by atoms with Crippen molar-refractivity contribution in [1.29, 1.82) is 0 Å². The van der Waals surface area contributed by atoms with Gasteiger partial charge < -0.3 is 14.6 Å². The van der Waals surface area contributed by atoms with Crippen LogP contribution in [0.2, 0.25) is 0 Å². The van der Waals surface area contributed by atoms with Gasteiger partial charge in [-0.3, -0.25) is 0 Å². The van der Waals surface area contributed by atoms with Gasteiger partial charge in [0.2, 0.25) is 0 Å². The summed E-state index contributed by atoms with van der Waals surface area (Å²) in [6, 6.07) is 7.62. The molecular weight excluding hydrogens is 232 g/mol. The first-order valence-corrected chi connectivity index (χ1v) is 5.90. The number of carboxylic acids is 1. The Hall–Kier alpha value is -1.65. The van der Waals surface area contributed by atoms with Gasteiger partial charge in [-0.05, 0) is 24.1 Å². The van der Waals surface area contributed by atoms with E-state index in [0.29, 0.717) is 6.61 Å². The number of carbonyl (C=O) groups is 1. The van der Waals surface area contributed by atoms with Gasteiger partial charge in [0, 0.05) is 6.08 Å². The molecule has 0 saturated carbocycles. The summed E-state index contributed by atoms with van der Waals surface area (Å²) < 4.78 is 10.8. The van der Waals surface area contributed by atoms with Crippen LogP contribution in [0.3, 0.4) is 0 Å². The second-order valence-corrected chi connectivity index (χ2v) is 4.23. The van der Waals surface area contributed by atoms with E-state index in [9.17, 15) is 4.79 Å². The molecule has 96 valence electrons. The van der Waals surface area contributed by atoms with Crippen LogP contribution in [0.15, 0.2) is 30.3 Å². The van der Waals surface area contributed by atoms with Crippen LogP contribution in [0.4, 0.5) is 0 Å². The topological polar surface area (TPSA) is 59.1 Å². The van der Waals surface area contributed by atoms with Crippen molar-refractivity contribution in [2.75, 3.05) is 13.2 Å². The Morgan fingerprint density at radius 3 is 3.00 bits per heavy atom. The Kier molecular flexibility index (Phi) is 4.12. The van der Waals surface area contributed by atoms with Crippen LogP contribution in [-0.2, 0) is 14.3 Å². The third-order valence-electron chi connectivity index (χ3n) is 2.77. The maximum atomic E-state index is 10.5. The predicted molar refractivity (Wildman–Crippen MR) is 67.2 cm³/mol. The van der Waals surface area contributed by atoms with E-state index >= 15 is 0 Å². The standard InChI is InChI=1S/C14H16O4/c1-10(17-8-12-9-18-12)13-5-3-2-4-11(13)6-7-14(15)16/h2-7,10,12H,8-9H2,1H3,(H,15,16)/t10-,12?/m1/s1. The lowest BCUT2D eigenvalue weighted by molar-refractivity contribution is -0.131. The zero-order chi connectivity index (χ0) is 13.0. The van der Waals surface area contributed by atoms with Crippen LogP contribution in [0.5, 0.6) is 0 Å². The van der Waals surface area contributed by atoms with Crippen LogP contribution in [0.25, 0.3) is 6.08 Å². The molecule has 1 saturated heterocycles. The number of benzene rings is 1. The molecule has 18 heavy (non-hydrogen) atoms. The second kappa shape index (κ2) is 5.80. The molecule has 0 spiro atoms. The Morgan fingerprint density at radius 1 is 1.61 bits per heavy atom. The lowest BCUT2D eigenvalue weighted by Gasteiger charge is -2.15. The minimum atomic E-state index is -0.954. The first-order valence-electron chi connectivity index (χ1n) is 5.90. The van der Waals surface area contributed by atoms with E-state index in [0.717, 1.165) is 23.8 Å². The summed E-state index contributed by atoms with van der Waals surface area (Å²) in [5.74, 6) is -0.954. The Morgan fingerprint density at radius 2 is 2.33 bits per heavy atom. The SMILES string of the molecule is C[C@@H](OCC1CO1)c1ccccc1C=CC(=O)O. The average Bonchev–Trinajstić information content (AvgIpc) is 3.18. The fourth-order valence-corrected chi connectivity index (χ4v) is 1.70. The smallest absolute Gasteiger partial charge is 0.328 e. The van der Waals surface area contributed by atoms with E-state index in [2.05, 4.69) is 0 Å². The molecule has 1 fully saturated rings. The van der Waals surface area contributed by atoms with Crippen LogP contribution >= 0.6 is 0 Å². The van der Waals surface area contributed by atoms with Crippen molar-refractivity contribution >= 4 is 12.0 Å². The molecule has 1 aliphatic heterocycles. The lowest BCUT2D eigenvalue weighted by Crippen LogP contribution is -2.07. The molecule has 2 rings (SSSR count). The zero-order valence-corrected chi connectivity index (χ0v) is 10.2. The first kappa shape index (κ1) is 12.8. The normalized spacial score (nSPS) is 19.9. The monoisotopic (exact) mass is 248 g/mol. The quantitative estimate of drug-likeness (QED) is 0.619. The highest BCUT2D eigenvalue weighted by Gasteiger charge is 2.23. The Bertz CT molecular complexity index is 449. The van der Waals surface area contributed by atoms with Crippen LogP contribution < -0.4 is 0 Å². The van der Waals surface area contributed by atoms with Crippen LogP contribution in [-0.4, -0.2) is 30.4 Å². The van der Waals surface area contributed by atoms with E-state index in [-0.39, 0.29) is 12.2 Å². The molecule has 1 aromatic carbocycles. The molecule has 0 aromatic heterocycles. The van der Waals surface area contributed by atoms with Gasteiger partial charge in [-0.25, -0.2) is 4.79 Å². The van der Waals surface area contributed by atoms with E-state index in [1.165, 1.54) is 0 Å². The van der Waals surface area contributed by atoms with Gasteiger partial charge in [0.1, 0.15) is 6.10 Å². The van der Waals surface area contributed by atoms with Crippen molar-refractivity contribution in [1.82, 2.24) is 0 Å². The maximum absolute atomic E-state index is 10.5. The fourth-order valence-electron chi connectivity index (χ4n) is 1.70. The molecule has 0 aliphatic carbocycles. The van der Waals surface area contributed by atoms with Gasteiger partial charge in [-0.1, -0.05) is 24.3 Å². The minimum Gasteiger partial charge on any atom is -0.478 e. The molecule has 1 aromatic rings. The van der Waals surface area contributed by atoms with E-state index < -0.39 is 5.97 Å². The molecular formula is C14H16O4. The molecule has 4 nitrogen and oxygen atoms in total. The number of epoxide rings is 1. The summed E-state index contributed by atoms with van der Waals surface area (Å²) in [4.78, 5) is 10.5. The highest BCUT2D eigenvalue weighted by atomic mass is 16.6. The number of carboxylic acid groups (broad SMARTS) is 1. The summed E-state index contributed by atoms with van der Waals surface area (Å²) in [7, 11) is 0. The molecule has 2 atom stereocenters. The number of aliphatic carboxylic acids is 1. The number of hydrogen-bond acceptors (Lipinski definition) is 3. The zero-order valence-electron chi connectivity index (χ0n) is 10.2. The minimum absolute atomic E-state index is 0.0798. The largest absolute Gasteiger partial charge is 0.478 e. The molecule has 1 heterocycles. The molecule has 0 radical (unpaired) electrons. The molecule has 0 bridgehead atoms. The van der Waals surface area contributed by atoms with Crippen molar-refractivity contribution in [3.8, 4) is 0 Å². The third-order valence-corrected chi connectivity index (χ3v) is 2.77. The van der Waals surface area contributed by atoms with E-state index in [1.807, 2.05) is 31.2 Å². The summed E-state index contributed by atoms with van der Waals surface area (Å²) in [6.45, 7) is 3.31. The highest BCUT2D eigenvalue weighted by molar-refractivity contribution is 5.85.